The first-order valence-electron chi connectivity index (χ1n) is 4.82. The van der Waals surface area contributed by atoms with Gasteiger partial charge >= 0.3 is 0 Å². The monoisotopic (exact) mass is 179 g/mol. The Morgan fingerprint density at radius 1 is 1.46 bits per heavy atom. The molecule has 2 nitrogen and oxygen atoms in total. The fraction of sp³-hybridized carbons (Fsp3) is 0.545. The van der Waals surface area contributed by atoms with Gasteiger partial charge in [-0.25, -0.2) is 0 Å². The highest BCUT2D eigenvalue weighted by Gasteiger charge is 2.04. The number of pyridine rings is 1. The lowest BCUT2D eigenvalue weighted by Crippen LogP contribution is -2.10. The lowest BCUT2D eigenvalue weighted by atomic mass is 10.1. The molecule has 1 aromatic heterocycles. The van der Waals surface area contributed by atoms with E-state index in [1.807, 2.05) is 25.3 Å². The molecule has 1 unspecified atom stereocenters. The summed E-state index contributed by atoms with van der Waals surface area (Å²) in [5.41, 5.74) is 2.14. The number of nitrogens with zero attached hydrogens (tertiary/aromatic N) is 1. The van der Waals surface area contributed by atoms with Crippen molar-refractivity contribution < 1.29 is 5.11 Å². The molecule has 0 aliphatic heterocycles. The van der Waals surface area contributed by atoms with Crippen LogP contribution >= 0.6 is 0 Å². The molecular weight excluding hydrogens is 162 g/mol. The first-order valence-corrected chi connectivity index (χ1v) is 4.82. The van der Waals surface area contributed by atoms with Crippen molar-refractivity contribution in [1.29, 1.82) is 0 Å². The van der Waals surface area contributed by atoms with Crippen molar-refractivity contribution in [2.24, 2.45) is 0 Å². The molecule has 0 amide bonds. The first-order chi connectivity index (χ1) is 6.22. The van der Waals surface area contributed by atoms with Crippen molar-refractivity contribution in [3.05, 3.63) is 29.6 Å². The van der Waals surface area contributed by atoms with Crippen LogP contribution in [0.5, 0.6) is 0 Å². The van der Waals surface area contributed by atoms with Crippen LogP contribution in [-0.2, 0) is 6.42 Å². The highest BCUT2D eigenvalue weighted by atomic mass is 16.3. The standard InChI is InChI=1S/C11H17NO/c1-3-4-11(13)7-10-6-5-9(2)8-12-10/h5-6,8,11,13H,3-4,7H2,1-2H3. The molecule has 0 bridgehead atoms. The van der Waals surface area contributed by atoms with E-state index in [1.165, 1.54) is 0 Å². The zero-order chi connectivity index (χ0) is 9.68. The van der Waals surface area contributed by atoms with Crippen LogP contribution in [0.2, 0.25) is 0 Å². The predicted octanol–water partition coefficient (Wildman–Crippen LogP) is 2.09. The summed E-state index contributed by atoms with van der Waals surface area (Å²) in [4.78, 5) is 4.24. The third kappa shape index (κ3) is 3.55. The molecule has 72 valence electrons. The molecule has 1 aromatic rings. The van der Waals surface area contributed by atoms with Gasteiger partial charge in [0.05, 0.1) is 6.10 Å². The fourth-order valence-corrected chi connectivity index (χ4v) is 1.30. The van der Waals surface area contributed by atoms with Crippen molar-refractivity contribution in [2.45, 2.75) is 39.2 Å². The molecule has 0 saturated carbocycles. The third-order valence-corrected chi connectivity index (χ3v) is 2.04. The Hall–Kier alpha value is -0.890. The van der Waals surface area contributed by atoms with Crippen LogP contribution in [0.15, 0.2) is 18.3 Å². The Morgan fingerprint density at radius 3 is 2.77 bits per heavy atom. The van der Waals surface area contributed by atoms with Crippen LogP contribution in [0.1, 0.15) is 31.0 Å². The molecule has 1 heterocycles. The van der Waals surface area contributed by atoms with E-state index in [2.05, 4.69) is 11.9 Å². The van der Waals surface area contributed by atoms with Crippen LogP contribution in [0.3, 0.4) is 0 Å². The van der Waals surface area contributed by atoms with Crippen molar-refractivity contribution >= 4 is 0 Å². The molecule has 2 heteroatoms. The predicted molar refractivity (Wildman–Crippen MR) is 53.6 cm³/mol. The molecule has 0 fully saturated rings. The van der Waals surface area contributed by atoms with Crippen LogP contribution in [0.4, 0.5) is 0 Å². The number of hydrogen-bond donors (Lipinski definition) is 1. The second-order valence-corrected chi connectivity index (χ2v) is 3.47. The number of rotatable bonds is 4. The smallest absolute Gasteiger partial charge is 0.0595 e. The summed E-state index contributed by atoms with van der Waals surface area (Å²) in [5, 5.41) is 9.53. The highest BCUT2D eigenvalue weighted by molar-refractivity contribution is 5.12. The summed E-state index contributed by atoms with van der Waals surface area (Å²) >= 11 is 0. The first kappa shape index (κ1) is 10.2. The minimum atomic E-state index is -0.236. The average Bonchev–Trinajstić information content (AvgIpc) is 2.09. The van der Waals surface area contributed by atoms with Crippen molar-refractivity contribution in [3.8, 4) is 0 Å². The minimum Gasteiger partial charge on any atom is -0.393 e. The Morgan fingerprint density at radius 2 is 2.23 bits per heavy atom. The zero-order valence-corrected chi connectivity index (χ0v) is 8.33. The Bertz CT molecular complexity index is 243. The average molecular weight is 179 g/mol. The summed E-state index contributed by atoms with van der Waals surface area (Å²) < 4.78 is 0. The van der Waals surface area contributed by atoms with Gasteiger partial charge in [-0.05, 0) is 25.0 Å². The lowest BCUT2D eigenvalue weighted by Gasteiger charge is -2.07. The van der Waals surface area contributed by atoms with Gasteiger partial charge in [-0.2, -0.15) is 0 Å². The van der Waals surface area contributed by atoms with Gasteiger partial charge in [0.1, 0.15) is 0 Å². The van der Waals surface area contributed by atoms with Gasteiger partial charge in [-0.15, -0.1) is 0 Å². The van der Waals surface area contributed by atoms with E-state index in [1.54, 1.807) is 0 Å². The van der Waals surface area contributed by atoms with E-state index in [9.17, 15) is 5.11 Å². The molecule has 0 aliphatic carbocycles. The molecular formula is C11H17NO. The summed E-state index contributed by atoms with van der Waals surface area (Å²) in [7, 11) is 0. The van der Waals surface area contributed by atoms with Gasteiger partial charge in [0.15, 0.2) is 0 Å². The Kier molecular flexibility index (Phi) is 3.90. The van der Waals surface area contributed by atoms with Crippen LogP contribution in [0, 0.1) is 6.92 Å². The Balaban J connectivity index is 2.49. The minimum absolute atomic E-state index is 0.236. The zero-order valence-electron chi connectivity index (χ0n) is 8.33. The number of aliphatic hydroxyl groups is 1. The largest absolute Gasteiger partial charge is 0.393 e. The normalized spacial score (nSPS) is 12.8. The van der Waals surface area contributed by atoms with Crippen molar-refractivity contribution in [1.82, 2.24) is 4.98 Å². The summed E-state index contributed by atoms with van der Waals surface area (Å²) in [6, 6.07) is 4.01. The van der Waals surface area contributed by atoms with E-state index in [0.29, 0.717) is 6.42 Å². The van der Waals surface area contributed by atoms with E-state index < -0.39 is 0 Å². The maximum Gasteiger partial charge on any atom is 0.0595 e. The second-order valence-electron chi connectivity index (χ2n) is 3.47. The summed E-state index contributed by atoms with van der Waals surface area (Å²) in [6.45, 7) is 4.09. The lowest BCUT2D eigenvalue weighted by molar-refractivity contribution is 0.163. The number of aliphatic hydroxyl groups excluding tert-OH is 1. The molecule has 0 aromatic carbocycles. The van der Waals surface area contributed by atoms with Gasteiger partial charge < -0.3 is 5.11 Å². The maximum absolute atomic E-state index is 9.53. The third-order valence-electron chi connectivity index (χ3n) is 2.04. The SMILES string of the molecule is CCCC(O)Cc1ccc(C)cn1. The molecule has 13 heavy (non-hydrogen) atoms. The van der Waals surface area contributed by atoms with Crippen LogP contribution in [-0.4, -0.2) is 16.2 Å². The number of aromatic nitrogens is 1. The van der Waals surface area contributed by atoms with Crippen LogP contribution < -0.4 is 0 Å². The van der Waals surface area contributed by atoms with Gasteiger partial charge in [0.2, 0.25) is 0 Å². The molecule has 1 rings (SSSR count). The summed E-state index contributed by atoms with van der Waals surface area (Å²) in [6.07, 6.45) is 4.16. The van der Waals surface area contributed by atoms with Gasteiger partial charge in [-0.3, -0.25) is 4.98 Å². The molecule has 0 saturated heterocycles. The summed E-state index contributed by atoms with van der Waals surface area (Å²) in [5.74, 6) is 0. The molecule has 1 atom stereocenters. The molecule has 0 spiro atoms. The molecule has 0 aliphatic rings. The topological polar surface area (TPSA) is 33.1 Å². The van der Waals surface area contributed by atoms with E-state index in [4.69, 9.17) is 0 Å². The van der Waals surface area contributed by atoms with Gasteiger partial charge in [0.25, 0.3) is 0 Å². The van der Waals surface area contributed by atoms with Crippen molar-refractivity contribution in [2.75, 3.05) is 0 Å². The van der Waals surface area contributed by atoms with Crippen molar-refractivity contribution in [3.63, 3.8) is 0 Å². The fourth-order valence-electron chi connectivity index (χ4n) is 1.30. The number of hydrogen-bond acceptors (Lipinski definition) is 2. The molecule has 1 N–H and O–H groups in total. The second kappa shape index (κ2) is 4.97. The van der Waals surface area contributed by atoms with Gasteiger partial charge in [0, 0.05) is 18.3 Å². The quantitative estimate of drug-likeness (QED) is 0.767. The number of aryl methyl sites for hydroxylation is 1. The van der Waals surface area contributed by atoms with E-state index >= 15 is 0 Å². The highest BCUT2D eigenvalue weighted by Crippen LogP contribution is 2.05. The maximum atomic E-state index is 9.53. The molecule has 0 radical (unpaired) electrons. The van der Waals surface area contributed by atoms with E-state index in [-0.39, 0.29) is 6.10 Å². The van der Waals surface area contributed by atoms with Gasteiger partial charge in [-0.1, -0.05) is 19.4 Å². The van der Waals surface area contributed by atoms with Crippen LogP contribution in [0.25, 0.3) is 0 Å². The Labute approximate surface area is 79.6 Å². The van der Waals surface area contributed by atoms with E-state index in [0.717, 1.165) is 24.1 Å².